The molecule has 0 fully saturated rings. The average molecular weight is 180 g/mol. The predicted octanol–water partition coefficient (Wildman–Crippen LogP) is 1.37. The van der Waals surface area contributed by atoms with Crippen molar-refractivity contribution in [2.45, 2.75) is 32.3 Å². The van der Waals surface area contributed by atoms with Crippen LogP contribution in [0.3, 0.4) is 0 Å². The number of nitrogens with zero attached hydrogens (tertiary/aromatic N) is 1. The average Bonchev–Trinajstić information content (AvgIpc) is 2.02. The smallest absolute Gasteiger partial charge is 0.123 e. The Morgan fingerprint density at radius 2 is 2.15 bits per heavy atom. The highest BCUT2D eigenvalue weighted by Gasteiger charge is 2.11. The molecule has 0 saturated heterocycles. The molecule has 0 aliphatic carbocycles. The standard InChI is InChI=1S/C10H16N2O/c1-10(2,13)6-5-8-3-4-9(11)12-7-8/h3-4,7,13H,5-6H2,1-2H3,(H2,11,12). The summed E-state index contributed by atoms with van der Waals surface area (Å²) in [4.78, 5) is 3.98. The Morgan fingerprint density at radius 1 is 1.46 bits per heavy atom. The van der Waals surface area contributed by atoms with Crippen LogP contribution in [0.25, 0.3) is 0 Å². The Balaban J connectivity index is 2.51. The van der Waals surface area contributed by atoms with E-state index >= 15 is 0 Å². The third-order valence-electron chi connectivity index (χ3n) is 1.87. The fraction of sp³-hybridized carbons (Fsp3) is 0.500. The molecule has 0 aliphatic rings. The number of nitrogens with two attached hydrogens (primary N) is 1. The number of aliphatic hydroxyl groups is 1. The van der Waals surface area contributed by atoms with Gasteiger partial charge < -0.3 is 10.8 Å². The van der Waals surface area contributed by atoms with Crippen molar-refractivity contribution in [1.29, 1.82) is 0 Å². The van der Waals surface area contributed by atoms with Crippen LogP contribution in [0.4, 0.5) is 5.82 Å². The highest BCUT2D eigenvalue weighted by atomic mass is 16.3. The third-order valence-corrected chi connectivity index (χ3v) is 1.87. The number of hydrogen-bond acceptors (Lipinski definition) is 3. The van der Waals surface area contributed by atoms with Gasteiger partial charge in [-0.2, -0.15) is 0 Å². The lowest BCUT2D eigenvalue weighted by Gasteiger charge is -2.16. The molecule has 72 valence electrons. The number of hydrogen-bond donors (Lipinski definition) is 2. The van der Waals surface area contributed by atoms with Gasteiger partial charge in [0.1, 0.15) is 5.82 Å². The Morgan fingerprint density at radius 3 is 2.62 bits per heavy atom. The number of pyridine rings is 1. The lowest BCUT2D eigenvalue weighted by atomic mass is 10.00. The first kappa shape index (κ1) is 9.99. The van der Waals surface area contributed by atoms with Gasteiger partial charge in [-0.15, -0.1) is 0 Å². The molecule has 0 bridgehead atoms. The first-order valence-electron chi connectivity index (χ1n) is 4.40. The summed E-state index contributed by atoms with van der Waals surface area (Å²) >= 11 is 0. The minimum atomic E-state index is -0.610. The zero-order valence-electron chi connectivity index (χ0n) is 8.12. The lowest BCUT2D eigenvalue weighted by molar-refractivity contribution is 0.0714. The third kappa shape index (κ3) is 3.90. The topological polar surface area (TPSA) is 59.1 Å². The number of aromatic nitrogens is 1. The van der Waals surface area contributed by atoms with Crippen LogP contribution in [0.15, 0.2) is 18.3 Å². The van der Waals surface area contributed by atoms with E-state index in [-0.39, 0.29) is 0 Å². The van der Waals surface area contributed by atoms with Crippen LogP contribution in [-0.2, 0) is 6.42 Å². The Labute approximate surface area is 78.6 Å². The van der Waals surface area contributed by atoms with E-state index in [4.69, 9.17) is 5.73 Å². The van der Waals surface area contributed by atoms with Crippen LogP contribution >= 0.6 is 0 Å². The van der Waals surface area contributed by atoms with E-state index in [1.807, 2.05) is 6.07 Å². The predicted molar refractivity (Wildman–Crippen MR) is 53.3 cm³/mol. The number of rotatable bonds is 3. The van der Waals surface area contributed by atoms with E-state index in [1.165, 1.54) is 0 Å². The van der Waals surface area contributed by atoms with Crippen molar-refractivity contribution in [1.82, 2.24) is 4.98 Å². The maximum Gasteiger partial charge on any atom is 0.123 e. The van der Waals surface area contributed by atoms with Gasteiger partial charge in [0.05, 0.1) is 5.60 Å². The van der Waals surface area contributed by atoms with Crippen molar-refractivity contribution in [3.63, 3.8) is 0 Å². The van der Waals surface area contributed by atoms with Crippen molar-refractivity contribution in [2.75, 3.05) is 5.73 Å². The van der Waals surface area contributed by atoms with Crippen LogP contribution in [0.2, 0.25) is 0 Å². The molecule has 1 rings (SSSR count). The minimum absolute atomic E-state index is 0.534. The molecule has 0 saturated carbocycles. The second-order valence-electron chi connectivity index (χ2n) is 3.90. The van der Waals surface area contributed by atoms with Crippen LogP contribution in [0.1, 0.15) is 25.8 Å². The first-order valence-corrected chi connectivity index (χ1v) is 4.40. The summed E-state index contributed by atoms with van der Waals surface area (Å²) in [6.07, 6.45) is 3.32. The highest BCUT2D eigenvalue weighted by Crippen LogP contribution is 2.12. The first-order chi connectivity index (χ1) is 5.97. The maximum atomic E-state index is 9.49. The lowest BCUT2D eigenvalue weighted by Crippen LogP contribution is -2.19. The molecule has 1 heterocycles. The number of anilines is 1. The summed E-state index contributed by atoms with van der Waals surface area (Å²) in [5.41, 5.74) is 5.95. The van der Waals surface area contributed by atoms with Crippen LogP contribution < -0.4 is 5.73 Å². The summed E-state index contributed by atoms with van der Waals surface area (Å²) in [5, 5.41) is 9.49. The maximum absolute atomic E-state index is 9.49. The van der Waals surface area contributed by atoms with Gasteiger partial charge in [0.15, 0.2) is 0 Å². The van der Waals surface area contributed by atoms with Gasteiger partial charge in [0.25, 0.3) is 0 Å². The van der Waals surface area contributed by atoms with E-state index in [1.54, 1.807) is 26.1 Å². The SMILES string of the molecule is CC(C)(O)CCc1ccc(N)nc1. The Hall–Kier alpha value is -1.09. The molecule has 0 unspecified atom stereocenters. The van der Waals surface area contributed by atoms with E-state index in [2.05, 4.69) is 4.98 Å². The molecule has 0 atom stereocenters. The molecule has 1 aromatic heterocycles. The molecule has 13 heavy (non-hydrogen) atoms. The normalized spacial score (nSPS) is 11.6. The summed E-state index contributed by atoms with van der Waals surface area (Å²) < 4.78 is 0. The van der Waals surface area contributed by atoms with Gasteiger partial charge in [0.2, 0.25) is 0 Å². The van der Waals surface area contributed by atoms with E-state index in [9.17, 15) is 5.11 Å². The molecule has 1 aromatic rings. The fourth-order valence-electron chi connectivity index (χ4n) is 1.03. The van der Waals surface area contributed by atoms with Gasteiger partial charge in [-0.1, -0.05) is 6.07 Å². The second kappa shape index (κ2) is 3.75. The van der Waals surface area contributed by atoms with Crippen molar-refractivity contribution >= 4 is 5.82 Å². The molecule has 0 spiro atoms. The van der Waals surface area contributed by atoms with Gasteiger partial charge in [-0.25, -0.2) is 4.98 Å². The largest absolute Gasteiger partial charge is 0.390 e. The highest BCUT2D eigenvalue weighted by molar-refractivity contribution is 5.29. The summed E-state index contributed by atoms with van der Waals surface area (Å²) in [6, 6.07) is 3.72. The molecular formula is C10H16N2O. The van der Waals surface area contributed by atoms with Crippen molar-refractivity contribution in [3.8, 4) is 0 Å². The van der Waals surface area contributed by atoms with Crippen molar-refractivity contribution in [2.24, 2.45) is 0 Å². The molecule has 3 heteroatoms. The van der Waals surface area contributed by atoms with Crippen LogP contribution in [-0.4, -0.2) is 15.7 Å². The molecule has 0 amide bonds. The van der Waals surface area contributed by atoms with E-state index in [0.717, 1.165) is 18.4 Å². The van der Waals surface area contributed by atoms with E-state index in [0.29, 0.717) is 5.82 Å². The number of nitrogen functional groups attached to an aromatic ring is 1. The number of aryl methyl sites for hydroxylation is 1. The van der Waals surface area contributed by atoms with Gasteiger partial charge in [-0.05, 0) is 38.3 Å². The van der Waals surface area contributed by atoms with Crippen LogP contribution in [0.5, 0.6) is 0 Å². The quantitative estimate of drug-likeness (QED) is 0.738. The van der Waals surface area contributed by atoms with Gasteiger partial charge in [0, 0.05) is 6.20 Å². The minimum Gasteiger partial charge on any atom is -0.390 e. The van der Waals surface area contributed by atoms with Crippen LogP contribution in [0, 0.1) is 0 Å². The second-order valence-corrected chi connectivity index (χ2v) is 3.90. The Kier molecular flexibility index (Phi) is 2.88. The molecule has 0 aromatic carbocycles. The summed E-state index contributed by atoms with van der Waals surface area (Å²) in [6.45, 7) is 3.61. The van der Waals surface area contributed by atoms with Crippen molar-refractivity contribution < 1.29 is 5.11 Å². The summed E-state index contributed by atoms with van der Waals surface area (Å²) in [5.74, 6) is 0.534. The van der Waals surface area contributed by atoms with E-state index < -0.39 is 5.60 Å². The zero-order valence-corrected chi connectivity index (χ0v) is 8.12. The summed E-state index contributed by atoms with van der Waals surface area (Å²) in [7, 11) is 0. The van der Waals surface area contributed by atoms with Crippen molar-refractivity contribution in [3.05, 3.63) is 23.9 Å². The molecule has 3 N–H and O–H groups in total. The fourth-order valence-corrected chi connectivity index (χ4v) is 1.03. The Bertz CT molecular complexity index is 261. The monoisotopic (exact) mass is 180 g/mol. The van der Waals surface area contributed by atoms with Gasteiger partial charge in [-0.3, -0.25) is 0 Å². The zero-order chi connectivity index (χ0) is 9.90. The molecule has 3 nitrogen and oxygen atoms in total. The molecule has 0 radical (unpaired) electrons. The van der Waals surface area contributed by atoms with Gasteiger partial charge >= 0.3 is 0 Å². The molecular weight excluding hydrogens is 164 g/mol. The molecule has 0 aliphatic heterocycles.